The van der Waals surface area contributed by atoms with E-state index in [1.807, 2.05) is 5.80 Å². The fourth-order valence-electron chi connectivity index (χ4n) is 4.58. The molecule has 0 aliphatic carbocycles. The molecule has 0 spiro atoms. The standard InChI is InChI=1S/C25H24O2P/c1-27-24(26)19-28-18-17-23(20-11-5-2-6-12-20)25(28,21-13-7-3-8-14-21)22-15-9-4-10-16-22/h2-16,19,23H,17-18H2,1H3/q+1. The average molecular weight is 387 g/mol. The van der Waals surface area contributed by atoms with E-state index in [9.17, 15) is 4.79 Å². The van der Waals surface area contributed by atoms with Crippen LogP contribution >= 0.6 is 7.55 Å². The normalized spacial score (nSPS) is 19.5. The summed E-state index contributed by atoms with van der Waals surface area (Å²) in [5, 5.41) is -0.243. The van der Waals surface area contributed by atoms with Crippen molar-refractivity contribution in [3.05, 3.63) is 108 Å². The molecule has 0 radical (unpaired) electrons. The van der Waals surface area contributed by atoms with E-state index in [1.54, 1.807) is 0 Å². The van der Waals surface area contributed by atoms with Gasteiger partial charge >= 0.3 is 5.97 Å². The van der Waals surface area contributed by atoms with Crippen LogP contribution in [0.2, 0.25) is 0 Å². The molecule has 1 aliphatic heterocycles. The van der Waals surface area contributed by atoms with Gasteiger partial charge in [0, 0.05) is 17.0 Å². The van der Waals surface area contributed by atoms with Crippen LogP contribution in [0.1, 0.15) is 29.0 Å². The number of hydrogen-bond acceptors (Lipinski definition) is 2. The third kappa shape index (κ3) is 3.19. The van der Waals surface area contributed by atoms with Crippen molar-refractivity contribution in [2.45, 2.75) is 17.5 Å². The van der Waals surface area contributed by atoms with Crippen molar-refractivity contribution < 1.29 is 9.53 Å². The minimum atomic E-state index is -0.753. The highest BCUT2D eigenvalue weighted by Gasteiger charge is 2.58. The lowest BCUT2D eigenvalue weighted by atomic mass is 9.75. The van der Waals surface area contributed by atoms with E-state index in [4.69, 9.17) is 4.74 Å². The molecular formula is C25H24O2P+. The Morgan fingerprint density at radius 1 is 0.893 bits per heavy atom. The quantitative estimate of drug-likeness (QED) is 0.432. The lowest BCUT2D eigenvalue weighted by Crippen LogP contribution is -2.29. The highest BCUT2D eigenvalue weighted by atomic mass is 31.1. The van der Waals surface area contributed by atoms with E-state index < -0.39 is 7.55 Å². The summed E-state index contributed by atoms with van der Waals surface area (Å²) in [4.78, 5) is 12.3. The summed E-state index contributed by atoms with van der Waals surface area (Å²) < 4.78 is 5.04. The summed E-state index contributed by atoms with van der Waals surface area (Å²) in [5.41, 5.74) is 3.89. The Bertz CT molecular complexity index is 926. The molecule has 2 unspecified atom stereocenters. The van der Waals surface area contributed by atoms with Crippen LogP contribution in [0.4, 0.5) is 0 Å². The summed E-state index contributed by atoms with van der Waals surface area (Å²) >= 11 is 0. The fraction of sp³-hybridized carbons (Fsp3) is 0.200. The maximum atomic E-state index is 12.3. The first-order valence-corrected chi connectivity index (χ1v) is 11.2. The summed E-state index contributed by atoms with van der Waals surface area (Å²) in [5.74, 6) is 1.94. The Morgan fingerprint density at radius 3 is 1.89 bits per heavy atom. The van der Waals surface area contributed by atoms with Crippen molar-refractivity contribution >= 4 is 19.3 Å². The summed E-state index contributed by atoms with van der Waals surface area (Å²) in [6.07, 6.45) is 2.06. The van der Waals surface area contributed by atoms with E-state index in [0.717, 1.165) is 12.6 Å². The summed E-state index contributed by atoms with van der Waals surface area (Å²) in [7, 11) is 0.711. The van der Waals surface area contributed by atoms with E-state index in [1.165, 1.54) is 23.8 Å². The fourth-order valence-corrected chi connectivity index (χ4v) is 7.80. The number of benzene rings is 3. The van der Waals surface area contributed by atoms with E-state index in [-0.39, 0.29) is 11.1 Å². The summed E-state index contributed by atoms with van der Waals surface area (Å²) in [6, 6.07) is 32.1. The molecule has 0 amide bonds. The molecule has 0 aromatic heterocycles. The van der Waals surface area contributed by atoms with Crippen LogP contribution < -0.4 is 0 Å². The monoisotopic (exact) mass is 387 g/mol. The van der Waals surface area contributed by atoms with Crippen LogP contribution in [0.3, 0.4) is 0 Å². The largest absolute Gasteiger partial charge is 0.463 e. The number of rotatable bonds is 4. The molecule has 1 fully saturated rings. The first kappa shape index (κ1) is 18.7. The van der Waals surface area contributed by atoms with Crippen LogP contribution in [-0.2, 0) is 14.7 Å². The molecular weight excluding hydrogens is 363 g/mol. The van der Waals surface area contributed by atoms with Gasteiger partial charge in [-0.3, -0.25) is 0 Å². The predicted molar refractivity (Wildman–Crippen MR) is 117 cm³/mol. The van der Waals surface area contributed by atoms with Crippen LogP contribution in [0.25, 0.3) is 0 Å². The van der Waals surface area contributed by atoms with E-state index in [2.05, 4.69) is 91.0 Å². The Balaban J connectivity index is 2.03. The SMILES string of the molecule is COC(=O)C=[P+]1CCC(c2ccccc2)C1(c1ccccc1)c1ccccc1. The van der Waals surface area contributed by atoms with Crippen LogP contribution in [-0.4, -0.2) is 25.0 Å². The van der Waals surface area contributed by atoms with Crippen LogP contribution in [0.15, 0.2) is 91.0 Å². The van der Waals surface area contributed by atoms with Crippen LogP contribution in [0, 0.1) is 0 Å². The van der Waals surface area contributed by atoms with Gasteiger partial charge in [0.05, 0.1) is 7.11 Å². The third-order valence-electron chi connectivity index (χ3n) is 5.71. The minimum Gasteiger partial charge on any atom is -0.463 e. The van der Waals surface area contributed by atoms with Crippen molar-refractivity contribution in [2.75, 3.05) is 13.3 Å². The molecule has 0 bridgehead atoms. The van der Waals surface area contributed by atoms with Crippen LogP contribution in [0.5, 0.6) is 0 Å². The minimum absolute atomic E-state index is 0.226. The average Bonchev–Trinajstić information content (AvgIpc) is 3.15. The van der Waals surface area contributed by atoms with Gasteiger partial charge in [-0.1, -0.05) is 91.0 Å². The molecule has 2 atom stereocenters. The molecule has 1 heterocycles. The van der Waals surface area contributed by atoms with E-state index >= 15 is 0 Å². The molecule has 0 saturated carbocycles. The van der Waals surface area contributed by atoms with Gasteiger partial charge in [-0.25, -0.2) is 4.79 Å². The first-order valence-electron chi connectivity index (χ1n) is 9.62. The molecule has 0 N–H and O–H groups in total. The third-order valence-corrected chi connectivity index (χ3v) is 8.70. The molecule has 1 saturated heterocycles. The zero-order valence-electron chi connectivity index (χ0n) is 16.0. The lowest BCUT2D eigenvalue weighted by Gasteiger charge is -2.31. The molecule has 3 aromatic rings. The van der Waals surface area contributed by atoms with Crippen molar-refractivity contribution in [3.63, 3.8) is 0 Å². The van der Waals surface area contributed by atoms with Gasteiger partial charge in [-0.2, -0.15) is 0 Å². The topological polar surface area (TPSA) is 26.3 Å². The maximum Gasteiger partial charge on any atom is 0.373 e. The van der Waals surface area contributed by atoms with E-state index in [0.29, 0.717) is 5.92 Å². The Kier molecular flexibility index (Phi) is 5.41. The molecule has 2 nitrogen and oxygen atoms in total. The molecule has 3 aromatic carbocycles. The Labute approximate surface area is 167 Å². The predicted octanol–water partition coefficient (Wildman–Crippen LogP) is 5.57. The van der Waals surface area contributed by atoms with Crippen molar-refractivity contribution in [3.8, 4) is 0 Å². The van der Waals surface area contributed by atoms with Crippen molar-refractivity contribution in [2.24, 2.45) is 0 Å². The maximum absolute atomic E-state index is 12.3. The second kappa shape index (κ2) is 8.12. The van der Waals surface area contributed by atoms with Gasteiger partial charge < -0.3 is 4.74 Å². The number of esters is 1. The molecule has 140 valence electrons. The van der Waals surface area contributed by atoms with Gasteiger partial charge in [-0.05, 0) is 12.0 Å². The second-order valence-corrected chi connectivity index (χ2v) is 9.45. The second-order valence-electron chi connectivity index (χ2n) is 7.10. The van der Waals surface area contributed by atoms with Gasteiger partial charge in [0.2, 0.25) is 0 Å². The number of ether oxygens (including phenoxy) is 1. The Hall–Kier alpha value is -2.70. The molecule has 1 aliphatic rings. The zero-order valence-corrected chi connectivity index (χ0v) is 16.9. The van der Waals surface area contributed by atoms with Gasteiger partial charge in [-0.15, -0.1) is 0 Å². The molecule has 28 heavy (non-hydrogen) atoms. The van der Waals surface area contributed by atoms with Gasteiger partial charge in [0.15, 0.2) is 11.0 Å². The number of carbonyl (C=O) groups is 1. The van der Waals surface area contributed by atoms with Gasteiger partial charge in [0.1, 0.15) is 13.7 Å². The van der Waals surface area contributed by atoms with Crippen molar-refractivity contribution in [1.29, 1.82) is 0 Å². The summed E-state index contributed by atoms with van der Waals surface area (Å²) in [6.45, 7) is 0. The molecule has 3 heteroatoms. The zero-order chi connectivity index (χ0) is 19.4. The highest BCUT2D eigenvalue weighted by molar-refractivity contribution is 7.61. The first-order chi connectivity index (χ1) is 13.8. The lowest BCUT2D eigenvalue weighted by molar-refractivity contribution is -0.132. The number of methoxy groups -OCH3 is 1. The number of hydrogen-bond donors (Lipinski definition) is 0. The highest BCUT2D eigenvalue weighted by Crippen LogP contribution is 2.66. The molecule has 4 rings (SSSR count). The van der Waals surface area contributed by atoms with Crippen molar-refractivity contribution in [1.82, 2.24) is 0 Å². The van der Waals surface area contributed by atoms with Gasteiger partial charge in [0.25, 0.3) is 0 Å². The smallest absolute Gasteiger partial charge is 0.373 e. The number of carbonyl (C=O) groups excluding carboxylic acids is 1. The Morgan fingerprint density at radius 2 is 1.39 bits per heavy atom.